The van der Waals surface area contributed by atoms with Gasteiger partial charge in [-0.3, -0.25) is 0 Å². The Bertz CT molecular complexity index is 930. The van der Waals surface area contributed by atoms with Crippen molar-refractivity contribution in [2.45, 2.75) is 24.4 Å². The Morgan fingerprint density at radius 2 is 1.09 bits per heavy atom. The highest BCUT2D eigenvalue weighted by Crippen LogP contribution is 2.58. The monoisotopic (exact) mass is 304 g/mol. The Balaban J connectivity index is 1.77. The molecule has 0 N–H and O–H groups in total. The first kappa shape index (κ1) is 11.9. The number of benzene rings is 3. The molecule has 3 aromatic carbocycles. The predicted octanol–water partition coefficient (Wildman–Crippen LogP) is 4.02. The molecule has 4 nitrogen and oxygen atoms in total. The van der Waals surface area contributed by atoms with Crippen LogP contribution in [0, 0.1) is 0 Å². The van der Waals surface area contributed by atoms with E-state index in [9.17, 15) is 4.79 Å². The van der Waals surface area contributed by atoms with Crippen LogP contribution in [0.2, 0.25) is 0 Å². The zero-order chi connectivity index (χ0) is 15.1. The standard InChI is InChI=1S/C19H12O4/c20-19-22-17-15-13-11-7-3-1-5-9(11)10-6-2-4-8-12(10)14(13)16(21-15)18(17)23-19/h1-8,15-18H/t15-,16+,17-,18-/m1/s1. The third-order valence-electron chi connectivity index (χ3n) is 5.26. The van der Waals surface area contributed by atoms with Crippen LogP contribution >= 0.6 is 0 Å². The van der Waals surface area contributed by atoms with Crippen molar-refractivity contribution in [1.29, 1.82) is 0 Å². The first-order valence-corrected chi connectivity index (χ1v) is 7.79. The van der Waals surface area contributed by atoms with Crippen molar-refractivity contribution in [2.75, 3.05) is 0 Å². The lowest BCUT2D eigenvalue weighted by atomic mass is 9.81. The number of ether oxygens (including phenoxy) is 3. The molecule has 2 bridgehead atoms. The van der Waals surface area contributed by atoms with Gasteiger partial charge in [-0.2, -0.15) is 0 Å². The van der Waals surface area contributed by atoms with Gasteiger partial charge in [-0.1, -0.05) is 48.5 Å². The molecular weight excluding hydrogens is 292 g/mol. The van der Waals surface area contributed by atoms with Gasteiger partial charge < -0.3 is 14.2 Å². The minimum absolute atomic E-state index is 0.235. The largest absolute Gasteiger partial charge is 0.509 e. The average molecular weight is 304 g/mol. The van der Waals surface area contributed by atoms with Gasteiger partial charge in [-0.05, 0) is 32.7 Å². The average Bonchev–Trinajstić information content (AvgIpc) is 3.24. The molecule has 3 aliphatic heterocycles. The molecule has 0 radical (unpaired) electrons. The highest BCUT2D eigenvalue weighted by molar-refractivity contribution is 6.11. The number of carbonyl (C=O) groups is 1. The maximum Gasteiger partial charge on any atom is 0.509 e. The molecule has 0 unspecified atom stereocenters. The molecular formula is C19H12O4. The van der Waals surface area contributed by atoms with E-state index in [0.717, 1.165) is 11.1 Å². The van der Waals surface area contributed by atoms with Crippen LogP contribution in [0.15, 0.2) is 48.5 Å². The fourth-order valence-electron chi connectivity index (χ4n) is 4.44. The molecule has 6 rings (SSSR count). The smallest absolute Gasteiger partial charge is 0.424 e. The third kappa shape index (κ3) is 1.29. The Morgan fingerprint density at radius 1 is 0.652 bits per heavy atom. The summed E-state index contributed by atoms with van der Waals surface area (Å²) in [4.78, 5) is 11.6. The maximum absolute atomic E-state index is 11.6. The van der Waals surface area contributed by atoms with E-state index in [1.54, 1.807) is 0 Å². The normalized spacial score (nSPS) is 30.3. The van der Waals surface area contributed by atoms with Gasteiger partial charge in [0.1, 0.15) is 12.2 Å². The maximum atomic E-state index is 11.6. The fourth-order valence-corrected chi connectivity index (χ4v) is 4.44. The van der Waals surface area contributed by atoms with Crippen molar-refractivity contribution in [2.24, 2.45) is 0 Å². The summed E-state index contributed by atoms with van der Waals surface area (Å²) in [5.41, 5.74) is 2.31. The van der Waals surface area contributed by atoms with Crippen LogP contribution in [-0.4, -0.2) is 18.4 Å². The van der Waals surface area contributed by atoms with Gasteiger partial charge >= 0.3 is 6.16 Å². The van der Waals surface area contributed by atoms with E-state index in [0.29, 0.717) is 0 Å². The van der Waals surface area contributed by atoms with Crippen LogP contribution in [0.25, 0.3) is 21.5 Å². The highest BCUT2D eigenvalue weighted by atomic mass is 16.8. The molecule has 23 heavy (non-hydrogen) atoms. The minimum atomic E-state index is -0.584. The highest BCUT2D eigenvalue weighted by Gasteiger charge is 2.61. The van der Waals surface area contributed by atoms with E-state index in [1.807, 2.05) is 12.1 Å². The van der Waals surface area contributed by atoms with E-state index < -0.39 is 6.16 Å². The summed E-state index contributed by atoms with van der Waals surface area (Å²) in [5, 5.41) is 4.77. The second-order valence-electron chi connectivity index (χ2n) is 6.31. The number of hydrogen-bond donors (Lipinski definition) is 0. The molecule has 112 valence electrons. The zero-order valence-corrected chi connectivity index (χ0v) is 12.1. The lowest BCUT2D eigenvalue weighted by Gasteiger charge is -2.23. The summed E-state index contributed by atoms with van der Waals surface area (Å²) in [7, 11) is 0. The lowest BCUT2D eigenvalue weighted by Crippen LogP contribution is -2.28. The fraction of sp³-hybridized carbons (Fsp3) is 0.211. The van der Waals surface area contributed by atoms with Crippen molar-refractivity contribution in [3.05, 3.63) is 59.7 Å². The van der Waals surface area contributed by atoms with Crippen molar-refractivity contribution in [1.82, 2.24) is 0 Å². The SMILES string of the molecule is O=C1O[C@H]2[C@H](O1)[C@H]1O[C@@H]2c2c1c1ccccc1c1ccccc21. The third-order valence-corrected chi connectivity index (χ3v) is 5.26. The molecule has 0 spiro atoms. The van der Waals surface area contributed by atoms with Gasteiger partial charge in [0.25, 0.3) is 0 Å². The molecule has 2 saturated heterocycles. The van der Waals surface area contributed by atoms with Crippen LogP contribution in [0.1, 0.15) is 23.3 Å². The molecule has 0 saturated carbocycles. The van der Waals surface area contributed by atoms with Crippen LogP contribution in [0.4, 0.5) is 4.79 Å². The van der Waals surface area contributed by atoms with E-state index in [1.165, 1.54) is 21.5 Å². The van der Waals surface area contributed by atoms with Gasteiger partial charge in [-0.15, -0.1) is 0 Å². The quantitative estimate of drug-likeness (QED) is 0.465. The van der Waals surface area contributed by atoms with Gasteiger partial charge in [0.2, 0.25) is 0 Å². The molecule has 0 aliphatic carbocycles. The summed E-state index contributed by atoms with van der Waals surface area (Å²) in [6, 6.07) is 16.7. The predicted molar refractivity (Wildman–Crippen MR) is 83.2 cm³/mol. The van der Waals surface area contributed by atoms with Crippen molar-refractivity contribution in [3.63, 3.8) is 0 Å². The van der Waals surface area contributed by atoms with Crippen LogP contribution in [0.3, 0.4) is 0 Å². The Hall–Kier alpha value is -2.59. The van der Waals surface area contributed by atoms with Crippen LogP contribution in [-0.2, 0) is 14.2 Å². The second-order valence-corrected chi connectivity index (χ2v) is 6.31. The molecule has 3 aromatic rings. The second kappa shape index (κ2) is 3.84. The molecule has 0 aromatic heterocycles. The summed E-state index contributed by atoms with van der Waals surface area (Å²) in [6.07, 6.45) is -1.71. The van der Waals surface area contributed by atoms with Crippen molar-refractivity contribution >= 4 is 27.7 Å². The van der Waals surface area contributed by atoms with E-state index in [-0.39, 0.29) is 24.4 Å². The van der Waals surface area contributed by atoms with E-state index in [2.05, 4.69) is 36.4 Å². The summed E-state index contributed by atoms with van der Waals surface area (Å²) >= 11 is 0. The van der Waals surface area contributed by atoms with Gasteiger partial charge in [0.15, 0.2) is 12.2 Å². The van der Waals surface area contributed by atoms with Crippen LogP contribution in [0.5, 0.6) is 0 Å². The first-order chi connectivity index (χ1) is 11.3. The Kier molecular flexibility index (Phi) is 1.99. The Labute approximate surface area is 131 Å². The number of hydrogen-bond acceptors (Lipinski definition) is 4. The van der Waals surface area contributed by atoms with Gasteiger partial charge in [0.05, 0.1) is 0 Å². The zero-order valence-electron chi connectivity index (χ0n) is 12.1. The van der Waals surface area contributed by atoms with E-state index in [4.69, 9.17) is 14.2 Å². The molecule has 3 aliphatic rings. The molecule has 2 fully saturated rings. The summed E-state index contributed by atoms with van der Waals surface area (Å²) in [5.74, 6) is 0. The lowest BCUT2D eigenvalue weighted by molar-refractivity contribution is -0.00527. The summed E-state index contributed by atoms with van der Waals surface area (Å²) < 4.78 is 16.9. The van der Waals surface area contributed by atoms with Crippen molar-refractivity contribution in [3.8, 4) is 0 Å². The molecule has 0 amide bonds. The number of fused-ring (bicyclic) bond motifs is 13. The van der Waals surface area contributed by atoms with Gasteiger partial charge in [0, 0.05) is 0 Å². The van der Waals surface area contributed by atoms with Crippen LogP contribution < -0.4 is 0 Å². The number of rotatable bonds is 0. The summed E-state index contributed by atoms with van der Waals surface area (Å²) in [6.45, 7) is 0. The topological polar surface area (TPSA) is 44.8 Å². The van der Waals surface area contributed by atoms with Gasteiger partial charge in [-0.25, -0.2) is 4.79 Å². The molecule has 3 heterocycles. The molecule has 4 heteroatoms. The van der Waals surface area contributed by atoms with E-state index >= 15 is 0 Å². The number of carbonyl (C=O) groups excluding carboxylic acids is 1. The Morgan fingerprint density at radius 3 is 1.57 bits per heavy atom. The first-order valence-electron chi connectivity index (χ1n) is 7.79. The molecule has 4 atom stereocenters. The minimum Gasteiger partial charge on any atom is -0.424 e. The van der Waals surface area contributed by atoms with Crippen molar-refractivity contribution < 1.29 is 19.0 Å².